The fourth-order valence-electron chi connectivity index (χ4n) is 2.63. The molecule has 0 fully saturated rings. The van der Waals surface area contributed by atoms with Gasteiger partial charge >= 0.3 is 7.60 Å². The average Bonchev–Trinajstić information content (AvgIpc) is 2.62. The number of aldehydes is 1. The maximum absolute atomic E-state index is 12.6. The molecule has 24 heavy (non-hydrogen) atoms. The molecular formula is C18H22NO4P. The van der Waals surface area contributed by atoms with E-state index in [1.807, 2.05) is 61.3 Å². The zero-order valence-electron chi connectivity index (χ0n) is 14.3. The summed E-state index contributed by atoms with van der Waals surface area (Å²) in [5.41, 5.74) is 2.70. The number of anilines is 2. The summed E-state index contributed by atoms with van der Waals surface area (Å²) in [7, 11) is 0.980. The first-order chi connectivity index (χ1) is 11.5. The summed E-state index contributed by atoms with van der Waals surface area (Å²) in [5, 5.41) is 0. The molecule has 5 nitrogen and oxygen atoms in total. The minimum absolute atomic E-state index is 0.593. The summed E-state index contributed by atoms with van der Waals surface area (Å²) in [5.74, 6) is 0. The molecule has 0 amide bonds. The second-order valence-corrected chi connectivity index (χ2v) is 7.79. The number of benzene rings is 2. The van der Waals surface area contributed by atoms with Crippen LogP contribution in [-0.2, 0) is 18.4 Å². The number of carbonyl (C=O) groups excluding carboxylic acids is 1. The fourth-order valence-corrected chi connectivity index (χ4v) is 3.91. The van der Waals surface area contributed by atoms with Gasteiger partial charge in [0.1, 0.15) is 11.9 Å². The van der Waals surface area contributed by atoms with Gasteiger partial charge in [0.25, 0.3) is 0 Å². The van der Waals surface area contributed by atoms with Gasteiger partial charge in [0, 0.05) is 32.6 Å². The van der Waals surface area contributed by atoms with Gasteiger partial charge in [0.05, 0.1) is 0 Å². The summed E-state index contributed by atoms with van der Waals surface area (Å²) in [6.45, 7) is 2.04. The number of carbonyl (C=O) groups is 1. The van der Waals surface area contributed by atoms with Crippen molar-refractivity contribution in [3.05, 3.63) is 59.7 Å². The molecule has 2 aromatic carbocycles. The van der Waals surface area contributed by atoms with E-state index in [9.17, 15) is 9.36 Å². The van der Waals surface area contributed by atoms with Crippen molar-refractivity contribution in [3.8, 4) is 0 Å². The van der Waals surface area contributed by atoms with E-state index in [4.69, 9.17) is 9.05 Å². The van der Waals surface area contributed by atoms with E-state index < -0.39 is 13.3 Å². The van der Waals surface area contributed by atoms with Crippen LogP contribution in [0.4, 0.5) is 11.4 Å². The van der Waals surface area contributed by atoms with E-state index in [0.717, 1.165) is 16.9 Å². The van der Waals surface area contributed by atoms with Crippen molar-refractivity contribution in [1.29, 1.82) is 0 Å². The number of para-hydroxylation sites is 1. The second kappa shape index (κ2) is 7.75. The molecule has 0 bridgehead atoms. The summed E-state index contributed by atoms with van der Waals surface area (Å²) in [4.78, 5) is 13.5. The first-order valence-corrected chi connectivity index (χ1v) is 9.14. The highest BCUT2D eigenvalue weighted by molar-refractivity contribution is 7.55. The summed E-state index contributed by atoms with van der Waals surface area (Å²) in [6.07, 6.45) is 0.612. The Labute approximate surface area is 142 Å². The molecule has 0 saturated carbocycles. The van der Waals surface area contributed by atoms with Crippen LogP contribution in [0.1, 0.15) is 16.8 Å². The van der Waals surface area contributed by atoms with E-state index in [1.165, 1.54) is 14.2 Å². The van der Waals surface area contributed by atoms with Crippen LogP contribution in [0.2, 0.25) is 0 Å². The smallest absolute Gasteiger partial charge is 0.344 e. The van der Waals surface area contributed by atoms with Gasteiger partial charge in [-0.05, 0) is 36.2 Å². The quantitative estimate of drug-likeness (QED) is 0.546. The van der Waals surface area contributed by atoms with Gasteiger partial charge in [0.15, 0.2) is 0 Å². The largest absolute Gasteiger partial charge is 0.344 e. The van der Waals surface area contributed by atoms with Crippen molar-refractivity contribution in [3.63, 3.8) is 0 Å². The molecule has 1 atom stereocenters. The zero-order valence-corrected chi connectivity index (χ0v) is 15.2. The maximum atomic E-state index is 12.6. The van der Waals surface area contributed by atoms with Gasteiger partial charge in [-0.1, -0.05) is 30.3 Å². The SMILES string of the molecule is COP(=O)(OC)C(C=O)c1cccc(N(C)c2ccccc2C)c1. The third-order valence-corrected chi connectivity index (χ3v) is 6.17. The van der Waals surface area contributed by atoms with Gasteiger partial charge < -0.3 is 18.7 Å². The van der Waals surface area contributed by atoms with Crippen LogP contribution in [0.25, 0.3) is 0 Å². The lowest BCUT2D eigenvalue weighted by Gasteiger charge is -2.24. The Morgan fingerprint density at radius 2 is 1.75 bits per heavy atom. The Morgan fingerprint density at radius 1 is 1.08 bits per heavy atom. The maximum Gasteiger partial charge on any atom is 0.344 e. The van der Waals surface area contributed by atoms with Crippen LogP contribution in [-0.4, -0.2) is 27.6 Å². The molecule has 0 aliphatic carbocycles. The minimum atomic E-state index is -3.53. The Morgan fingerprint density at radius 3 is 2.33 bits per heavy atom. The molecule has 0 aliphatic rings. The lowest BCUT2D eigenvalue weighted by atomic mass is 10.1. The minimum Gasteiger partial charge on any atom is -0.344 e. The van der Waals surface area contributed by atoms with E-state index in [2.05, 4.69) is 0 Å². The highest BCUT2D eigenvalue weighted by atomic mass is 31.2. The molecule has 0 saturated heterocycles. The number of nitrogens with zero attached hydrogens (tertiary/aromatic N) is 1. The van der Waals surface area contributed by atoms with Crippen molar-refractivity contribution in [1.82, 2.24) is 0 Å². The zero-order chi connectivity index (χ0) is 17.7. The number of hydrogen-bond acceptors (Lipinski definition) is 5. The van der Waals surface area contributed by atoms with Crippen LogP contribution in [0.3, 0.4) is 0 Å². The van der Waals surface area contributed by atoms with Gasteiger partial charge in [-0.15, -0.1) is 0 Å². The number of hydrogen-bond donors (Lipinski definition) is 0. The molecule has 0 heterocycles. The molecule has 1 unspecified atom stereocenters. The molecule has 0 N–H and O–H groups in total. The third-order valence-electron chi connectivity index (χ3n) is 4.05. The van der Waals surface area contributed by atoms with Gasteiger partial charge in [-0.2, -0.15) is 0 Å². The van der Waals surface area contributed by atoms with Crippen LogP contribution in [0.15, 0.2) is 48.5 Å². The lowest BCUT2D eigenvalue weighted by molar-refractivity contribution is -0.107. The van der Waals surface area contributed by atoms with Crippen molar-refractivity contribution in [2.45, 2.75) is 12.6 Å². The Hall–Kier alpha value is -1.94. The van der Waals surface area contributed by atoms with E-state index in [1.54, 1.807) is 6.07 Å². The van der Waals surface area contributed by atoms with Gasteiger partial charge in [-0.25, -0.2) is 0 Å². The molecule has 0 aliphatic heterocycles. The van der Waals surface area contributed by atoms with Crippen molar-refractivity contribution >= 4 is 25.3 Å². The standard InChI is InChI=1S/C18H22NO4P/c1-14-8-5-6-11-17(14)19(2)16-10-7-9-15(12-16)18(13-20)24(21,22-3)23-4/h5-13,18H,1-4H3. The van der Waals surface area contributed by atoms with E-state index in [-0.39, 0.29) is 0 Å². The van der Waals surface area contributed by atoms with Crippen molar-refractivity contribution in [2.24, 2.45) is 0 Å². The van der Waals surface area contributed by atoms with Gasteiger partial charge in [0.2, 0.25) is 0 Å². The highest BCUT2D eigenvalue weighted by Crippen LogP contribution is 2.59. The normalized spacial score (nSPS) is 12.7. The predicted molar refractivity (Wildman–Crippen MR) is 96.1 cm³/mol. The predicted octanol–water partition coefficient (Wildman–Crippen LogP) is 4.49. The molecule has 2 rings (SSSR count). The van der Waals surface area contributed by atoms with Crippen LogP contribution >= 0.6 is 7.60 Å². The van der Waals surface area contributed by atoms with Crippen molar-refractivity contribution in [2.75, 3.05) is 26.2 Å². The van der Waals surface area contributed by atoms with Crippen molar-refractivity contribution < 1.29 is 18.4 Å². The second-order valence-electron chi connectivity index (χ2n) is 5.43. The third kappa shape index (κ3) is 3.59. The van der Waals surface area contributed by atoms with Crippen LogP contribution in [0, 0.1) is 6.92 Å². The van der Waals surface area contributed by atoms with Crippen LogP contribution in [0.5, 0.6) is 0 Å². The fraction of sp³-hybridized carbons (Fsp3) is 0.278. The number of rotatable bonds is 7. The summed E-state index contributed by atoms with van der Waals surface area (Å²) >= 11 is 0. The first-order valence-electron chi connectivity index (χ1n) is 7.52. The summed E-state index contributed by atoms with van der Waals surface area (Å²) < 4.78 is 22.6. The first kappa shape index (κ1) is 18.4. The molecule has 2 aromatic rings. The molecule has 0 aromatic heterocycles. The highest BCUT2D eigenvalue weighted by Gasteiger charge is 2.35. The Balaban J connectivity index is 2.43. The van der Waals surface area contributed by atoms with Gasteiger partial charge in [-0.3, -0.25) is 4.57 Å². The monoisotopic (exact) mass is 347 g/mol. The van der Waals surface area contributed by atoms with E-state index >= 15 is 0 Å². The summed E-state index contributed by atoms with van der Waals surface area (Å²) in [6, 6.07) is 15.4. The van der Waals surface area contributed by atoms with E-state index in [0.29, 0.717) is 11.8 Å². The molecular weight excluding hydrogens is 325 g/mol. The topological polar surface area (TPSA) is 55.8 Å². The molecule has 0 radical (unpaired) electrons. The Bertz CT molecular complexity index is 754. The number of aryl methyl sites for hydroxylation is 1. The Kier molecular flexibility index (Phi) is 5.94. The molecule has 0 spiro atoms. The van der Waals surface area contributed by atoms with Crippen LogP contribution < -0.4 is 4.90 Å². The molecule has 128 valence electrons. The lowest BCUT2D eigenvalue weighted by Crippen LogP contribution is -2.12. The molecule has 6 heteroatoms. The average molecular weight is 347 g/mol.